The molecule has 114 valence electrons. The number of sulfonamides is 1. The van der Waals surface area contributed by atoms with Crippen LogP contribution in [0, 0.1) is 0 Å². The molecule has 0 unspecified atom stereocenters. The fraction of sp³-hybridized carbons (Fsp3) is 0.250. The van der Waals surface area contributed by atoms with Gasteiger partial charge >= 0.3 is 0 Å². The summed E-state index contributed by atoms with van der Waals surface area (Å²) in [4.78, 5) is 14.0. The molecule has 1 aromatic carbocycles. The Hall–Kier alpha value is -1.61. The standard InChI is InChI=1S/C12H14ClN3O4S/c1-20-5-4-15-21(18,19)11-8-6-7(13)2-3-9(8)16-10(11)12(14)17/h2-3,6,15-16H,4-5H2,1H3,(H2,14,17). The van der Waals surface area contributed by atoms with Crippen LogP contribution in [-0.2, 0) is 14.8 Å². The van der Waals surface area contributed by atoms with Crippen molar-refractivity contribution in [2.75, 3.05) is 20.3 Å². The summed E-state index contributed by atoms with van der Waals surface area (Å²) in [5.74, 6) is -0.866. The van der Waals surface area contributed by atoms with E-state index in [0.717, 1.165) is 0 Å². The van der Waals surface area contributed by atoms with Crippen molar-refractivity contribution in [3.63, 3.8) is 0 Å². The van der Waals surface area contributed by atoms with Crippen molar-refractivity contribution in [3.05, 3.63) is 28.9 Å². The Bertz CT molecular complexity index is 785. The Morgan fingerprint density at radius 3 is 2.81 bits per heavy atom. The van der Waals surface area contributed by atoms with E-state index in [2.05, 4.69) is 9.71 Å². The van der Waals surface area contributed by atoms with Crippen molar-refractivity contribution >= 4 is 38.4 Å². The summed E-state index contributed by atoms with van der Waals surface area (Å²) >= 11 is 5.89. The molecular weight excluding hydrogens is 318 g/mol. The molecule has 7 nitrogen and oxygen atoms in total. The van der Waals surface area contributed by atoms with E-state index in [9.17, 15) is 13.2 Å². The van der Waals surface area contributed by atoms with E-state index in [1.165, 1.54) is 13.2 Å². The second-order valence-corrected chi connectivity index (χ2v) is 6.41. The van der Waals surface area contributed by atoms with Gasteiger partial charge in [0, 0.05) is 29.6 Å². The number of halogens is 1. The first-order chi connectivity index (χ1) is 9.86. The number of nitrogens with two attached hydrogens (primary N) is 1. The number of amides is 1. The van der Waals surface area contributed by atoms with E-state index < -0.39 is 15.9 Å². The number of hydrogen-bond acceptors (Lipinski definition) is 4. The second-order valence-electron chi connectivity index (χ2n) is 4.27. The molecule has 9 heteroatoms. The highest BCUT2D eigenvalue weighted by atomic mass is 35.5. The van der Waals surface area contributed by atoms with Gasteiger partial charge in [-0.15, -0.1) is 0 Å². The van der Waals surface area contributed by atoms with E-state index in [0.29, 0.717) is 15.9 Å². The second kappa shape index (κ2) is 6.02. The van der Waals surface area contributed by atoms with E-state index in [1.807, 2.05) is 0 Å². The average molecular weight is 332 g/mol. The molecule has 1 amide bonds. The summed E-state index contributed by atoms with van der Waals surface area (Å²) in [6.45, 7) is 0.276. The molecule has 0 spiro atoms. The van der Waals surface area contributed by atoms with E-state index >= 15 is 0 Å². The summed E-state index contributed by atoms with van der Waals surface area (Å²) in [6.07, 6.45) is 0. The van der Waals surface area contributed by atoms with Crippen molar-refractivity contribution in [3.8, 4) is 0 Å². The Balaban J connectivity index is 2.62. The van der Waals surface area contributed by atoms with Crippen LogP contribution in [-0.4, -0.2) is 39.6 Å². The number of aromatic amines is 1. The molecule has 0 aliphatic rings. The molecule has 1 aromatic heterocycles. The van der Waals surface area contributed by atoms with Gasteiger partial charge in [-0.3, -0.25) is 4.79 Å². The molecule has 4 N–H and O–H groups in total. The van der Waals surface area contributed by atoms with Gasteiger partial charge in [0.25, 0.3) is 5.91 Å². The van der Waals surface area contributed by atoms with Crippen LogP contribution in [0.5, 0.6) is 0 Å². The lowest BCUT2D eigenvalue weighted by Gasteiger charge is -2.07. The van der Waals surface area contributed by atoms with E-state index in [-0.39, 0.29) is 23.7 Å². The van der Waals surface area contributed by atoms with Gasteiger partial charge in [0.1, 0.15) is 10.6 Å². The normalized spacial score (nSPS) is 11.9. The minimum absolute atomic E-state index is 0.0737. The third-order valence-corrected chi connectivity index (χ3v) is 4.61. The van der Waals surface area contributed by atoms with Gasteiger partial charge in [-0.25, -0.2) is 13.1 Å². The monoisotopic (exact) mass is 331 g/mol. The van der Waals surface area contributed by atoms with Crippen molar-refractivity contribution in [1.29, 1.82) is 0 Å². The summed E-state index contributed by atoms with van der Waals surface area (Å²) in [5.41, 5.74) is 5.52. The number of primary amides is 1. The lowest BCUT2D eigenvalue weighted by molar-refractivity contribution is 0.0993. The van der Waals surface area contributed by atoms with Crippen molar-refractivity contribution in [2.24, 2.45) is 5.73 Å². The number of aromatic nitrogens is 1. The van der Waals surface area contributed by atoms with Gasteiger partial charge in [-0.2, -0.15) is 0 Å². The highest BCUT2D eigenvalue weighted by molar-refractivity contribution is 7.89. The molecule has 0 atom stereocenters. The quantitative estimate of drug-likeness (QED) is 0.680. The van der Waals surface area contributed by atoms with Crippen LogP contribution in [0.15, 0.2) is 23.1 Å². The number of benzene rings is 1. The maximum atomic E-state index is 12.4. The fourth-order valence-electron chi connectivity index (χ4n) is 1.94. The van der Waals surface area contributed by atoms with Crippen molar-refractivity contribution in [1.82, 2.24) is 9.71 Å². The maximum absolute atomic E-state index is 12.4. The van der Waals surface area contributed by atoms with Crippen LogP contribution in [0.4, 0.5) is 0 Å². The molecular formula is C12H14ClN3O4S. The van der Waals surface area contributed by atoms with Crippen molar-refractivity contribution in [2.45, 2.75) is 4.90 Å². The largest absolute Gasteiger partial charge is 0.383 e. The van der Waals surface area contributed by atoms with Gasteiger partial charge in [-0.1, -0.05) is 11.6 Å². The Kier molecular flexibility index (Phi) is 4.52. The molecule has 2 rings (SSSR count). The van der Waals surface area contributed by atoms with Gasteiger partial charge < -0.3 is 15.5 Å². The first-order valence-corrected chi connectivity index (χ1v) is 7.82. The third kappa shape index (κ3) is 3.18. The Labute approximate surface area is 126 Å². The number of H-pyrrole nitrogens is 1. The smallest absolute Gasteiger partial charge is 0.266 e. The summed E-state index contributed by atoms with van der Waals surface area (Å²) in [7, 11) is -2.48. The molecule has 0 bridgehead atoms. The molecule has 0 saturated carbocycles. The number of hydrogen-bond donors (Lipinski definition) is 3. The number of carbonyl (C=O) groups excluding carboxylic acids is 1. The van der Waals surface area contributed by atoms with Crippen LogP contribution < -0.4 is 10.5 Å². The van der Waals surface area contributed by atoms with Crippen LogP contribution in [0.25, 0.3) is 10.9 Å². The van der Waals surface area contributed by atoms with E-state index in [4.69, 9.17) is 22.1 Å². The van der Waals surface area contributed by atoms with Gasteiger partial charge in [0.15, 0.2) is 0 Å². The van der Waals surface area contributed by atoms with Gasteiger partial charge in [-0.05, 0) is 18.2 Å². The van der Waals surface area contributed by atoms with Crippen LogP contribution in [0.3, 0.4) is 0 Å². The summed E-state index contributed by atoms with van der Waals surface area (Å²) in [5, 5.41) is 0.659. The van der Waals surface area contributed by atoms with Crippen molar-refractivity contribution < 1.29 is 17.9 Å². The minimum atomic E-state index is -3.93. The highest BCUT2D eigenvalue weighted by Gasteiger charge is 2.26. The van der Waals surface area contributed by atoms with Crippen LogP contribution in [0.1, 0.15) is 10.5 Å². The number of fused-ring (bicyclic) bond motifs is 1. The average Bonchev–Trinajstić information content (AvgIpc) is 2.78. The number of ether oxygens (including phenoxy) is 1. The Morgan fingerprint density at radius 2 is 2.19 bits per heavy atom. The molecule has 0 aliphatic carbocycles. The molecule has 0 saturated heterocycles. The van der Waals surface area contributed by atoms with Crippen LogP contribution >= 0.6 is 11.6 Å². The maximum Gasteiger partial charge on any atom is 0.266 e. The lowest BCUT2D eigenvalue weighted by Crippen LogP contribution is -2.29. The fourth-order valence-corrected chi connectivity index (χ4v) is 3.49. The molecule has 0 radical (unpaired) electrons. The topological polar surface area (TPSA) is 114 Å². The van der Waals surface area contributed by atoms with Gasteiger partial charge in [0.05, 0.1) is 6.61 Å². The molecule has 2 aromatic rings. The number of rotatable bonds is 6. The highest BCUT2D eigenvalue weighted by Crippen LogP contribution is 2.29. The zero-order chi connectivity index (χ0) is 15.6. The molecule has 21 heavy (non-hydrogen) atoms. The van der Waals surface area contributed by atoms with Gasteiger partial charge in [0.2, 0.25) is 10.0 Å². The SMILES string of the molecule is COCCNS(=O)(=O)c1c(C(N)=O)[nH]c2ccc(Cl)cc12. The lowest BCUT2D eigenvalue weighted by atomic mass is 10.2. The summed E-state index contributed by atoms with van der Waals surface area (Å²) in [6, 6.07) is 4.63. The predicted octanol–water partition coefficient (Wildman–Crippen LogP) is 0.845. The number of nitrogens with one attached hydrogen (secondary N) is 2. The summed E-state index contributed by atoms with van der Waals surface area (Å²) < 4.78 is 31.9. The predicted molar refractivity (Wildman–Crippen MR) is 78.9 cm³/mol. The van der Waals surface area contributed by atoms with Crippen LogP contribution in [0.2, 0.25) is 5.02 Å². The number of methoxy groups -OCH3 is 1. The Morgan fingerprint density at radius 1 is 1.48 bits per heavy atom. The minimum Gasteiger partial charge on any atom is -0.383 e. The first kappa shape index (κ1) is 15.8. The molecule has 0 aliphatic heterocycles. The number of carbonyl (C=O) groups is 1. The molecule has 0 fully saturated rings. The zero-order valence-electron chi connectivity index (χ0n) is 11.1. The zero-order valence-corrected chi connectivity index (χ0v) is 12.7. The molecule has 1 heterocycles. The third-order valence-electron chi connectivity index (χ3n) is 2.83. The van der Waals surface area contributed by atoms with E-state index in [1.54, 1.807) is 12.1 Å². The first-order valence-electron chi connectivity index (χ1n) is 5.96.